The number of nitrogens with two attached hydrogens (primary N) is 1. The number of nitrogens with one attached hydrogen (secondary N) is 2. The minimum Gasteiger partial charge on any atom is -0.361 e. The number of H-pyrrole nitrogens is 1. The van der Waals surface area contributed by atoms with Gasteiger partial charge in [0.1, 0.15) is 0 Å². The van der Waals surface area contributed by atoms with Gasteiger partial charge in [0, 0.05) is 28.6 Å². The molecule has 98 valence electrons. The third-order valence-electron chi connectivity index (χ3n) is 3.86. The number of hydrogen-bond donors (Lipinski definition) is 3. The van der Waals surface area contributed by atoms with E-state index in [1.54, 1.807) is 0 Å². The second-order valence-corrected chi connectivity index (χ2v) is 4.96. The van der Waals surface area contributed by atoms with Gasteiger partial charge >= 0.3 is 0 Å². The highest BCUT2D eigenvalue weighted by Gasteiger charge is 2.22. The van der Waals surface area contributed by atoms with Gasteiger partial charge in [-0.25, -0.2) is 5.84 Å². The van der Waals surface area contributed by atoms with Crippen LogP contribution in [0.3, 0.4) is 0 Å². The van der Waals surface area contributed by atoms with Crippen molar-refractivity contribution >= 4 is 22.4 Å². The highest BCUT2D eigenvalue weighted by atomic mass is 16.2. The Balaban J connectivity index is 1.88. The molecule has 1 aliphatic rings. The third kappa shape index (κ3) is 2.15. The number of rotatable bonds is 2. The Labute approximate surface area is 111 Å². The third-order valence-corrected chi connectivity index (χ3v) is 3.86. The van der Waals surface area contributed by atoms with Crippen LogP contribution in [0.2, 0.25) is 0 Å². The molecule has 19 heavy (non-hydrogen) atoms. The number of fused-ring (bicyclic) bond motifs is 1. The second-order valence-electron chi connectivity index (χ2n) is 4.96. The number of allylic oxidation sites excluding steroid dienone is 2. The summed E-state index contributed by atoms with van der Waals surface area (Å²) < 4.78 is 0. The van der Waals surface area contributed by atoms with Crippen LogP contribution in [0.15, 0.2) is 36.5 Å². The molecule has 0 fully saturated rings. The molecular weight excluding hydrogens is 238 g/mol. The molecule has 1 aromatic carbocycles. The quantitative estimate of drug-likeness (QED) is 0.438. The summed E-state index contributed by atoms with van der Waals surface area (Å²) in [5.41, 5.74) is 5.96. The van der Waals surface area contributed by atoms with Crippen molar-refractivity contribution in [1.29, 1.82) is 0 Å². The van der Waals surface area contributed by atoms with Crippen molar-refractivity contribution in [3.8, 4) is 0 Å². The Hall–Kier alpha value is -2.07. The first-order valence-electron chi connectivity index (χ1n) is 6.55. The molecule has 0 saturated carbocycles. The molecule has 2 aromatic rings. The predicted molar refractivity (Wildman–Crippen MR) is 75.9 cm³/mol. The molecule has 1 heterocycles. The monoisotopic (exact) mass is 255 g/mol. The summed E-state index contributed by atoms with van der Waals surface area (Å²) in [5, 5.41) is 1.25. The smallest absolute Gasteiger partial charge is 0.237 e. The van der Waals surface area contributed by atoms with E-state index in [1.807, 2.05) is 12.1 Å². The lowest BCUT2D eigenvalue weighted by molar-refractivity contribution is -0.125. The molecule has 0 spiro atoms. The fraction of sp³-hybridized carbons (Fsp3) is 0.267. The van der Waals surface area contributed by atoms with Crippen LogP contribution >= 0.6 is 0 Å². The van der Waals surface area contributed by atoms with E-state index in [0.29, 0.717) is 0 Å². The van der Waals surface area contributed by atoms with Gasteiger partial charge in [0.25, 0.3) is 0 Å². The summed E-state index contributed by atoms with van der Waals surface area (Å²) in [6.07, 6.45) is 6.75. The van der Waals surface area contributed by atoms with E-state index in [2.05, 4.69) is 34.8 Å². The lowest BCUT2D eigenvalue weighted by atomic mass is 9.86. The van der Waals surface area contributed by atoms with Crippen molar-refractivity contribution < 1.29 is 4.79 Å². The average molecular weight is 255 g/mol. The van der Waals surface area contributed by atoms with E-state index >= 15 is 0 Å². The van der Waals surface area contributed by atoms with Gasteiger partial charge < -0.3 is 4.98 Å². The maximum absolute atomic E-state index is 11.5. The van der Waals surface area contributed by atoms with Gasteiger partial charge in [-0.2, -0.15) is 0 Å². The highest BCUT2D eigenvalue weighted by molar-refractivity contribution is 5.93. The topological polar surface area (TPSA) is 70.9 Å². The molecule has 1 aromatic heterocycles. The number of carbonyl (C=O) groups excluding carboxylic acids is 1. The molecule has 1 unspecified atom stereocenters. The van der Waals surface area contributed by atoms with Crippen molar-refractivity contribution in [2.45, 2.75) is 19.3 Å². The zero-order valence-electron chi connectivity index (χ0n) is 10.6. The molecule has 0 aliphatic heterocycles. The molecule has 1 aliphatic carbocycles. The Kier molecular flexibility index (Phi) is 3.09. The number of para-hydroxylation sites is 1. The van der Waals surface area contributed by atoms with Crippen LogP contribution in [-0.2, 0) is 4.79 Å². The number of aromatic amines is 1. The highest BCUT2D eigenvalue weighted by Crippen LogP contribution is 2.33. The fourth-order valence-corrected chi connectivity index (χ4v) is 2.77. The molecule has 1 atom stereocenters. The van der Waals surface area contributed by atoms with Crippen LogP contribution in [0.4, 0.5) is 0 Å². The van der Waals surface area contributed by atoms with E-state index < -0.39 is 0 Å². The number of hydrazine groups is 1. The van der Waals surface area contributed by atoms with E-state index in [-0.39, 0.29) is 11.8 Å². The molecular formula is C15H17N3O. The van der Waals surface area contributed by atoms with Gasteiger partial charge in [-0.05, 0) is 30.9 Å². The van der Waals surface area contributed by atoms with Crippen molar-refractivity contribution in [2.75, 3.05) is 0 Å². The summed E-state index contributed by atoms with van der Waals surface area (Å²) >= 11 is 0. The van der Waals surface area contributed by atoms with Crippen molar-refractivity contribution in [3.05, 3.63) is 42.1 Å². The van der Waals surface area contributed by atoms with E-state index in [1.165, 1.54) is 16.5 Å². The van der Waals surface area contributed by atoms with Crippen LogP contribution in [0.1, 0.15) is 24.8 Å². The first kappa shape index (κ1) is 12.0. The van der Waals surface area contributed by atoms with Crippen LogP contribution in [-0.4, -0.2) is 10.9 Å². The molecule has 1 amide bonds. The zero-order valence-corrected chi connectivity index (χ0v) is 10.6. The molecule has 4 heteroatoms. The van der Waals surface area contributed by atoms with Gasteiger partial charge in [0.2, 0.25) is 5.91 Å². The Morgan fingerprint density at radius 3 is 2.95 bits per heavy atom. The van der Waals surface area contributed by atoms with Crippen molar-refractivity contribution in [3.63, 3.8) is 0 Å². The summed E-state index contributed by atoms with van der Waals surface area (Å²) in [6, 6.07) is 8.28. The van der Waals surface area contributed by atoms with E-state index in [9.17, 15) is 4.79 Å². The van der Waals surface area contributed by atoms with Crippen molar-refractivity contribution in [1.82, 2.24) is 10.4 Å². The van der Waals surface area contributed by atoms with Crippen LogP contribution in [0.5, 0.6) is 0 Å². The maximum Gasteiger partial charge on any atom is 0.237 e. The van der Waals surface area contributed by atoms with Crippen LogP contribution in [0.25, 0.3) is 16.5 Å². The molecule has 4 nitrogen and oxygen atoms in total. The summed E-state index contributed by atoms with van der Waals surface area (Å²) in [7, 11) is 0. The standard InChI is InChI=1S/C15H17N3O/c16-18-15(19)11-7-5-10(6-8-11)13-9-17-14-4-2-1-3-12(13)14/h1-5,9,11,17H,6-8,16H2,(H,18,19). The van der Waals surface area contributed by atoms with Crippen LogP contribution in [0, 0.1) is 5.92 Å². The Bertz CT molecular complexity index is 642. The first-order chi connectivity index (χ1) is 9.29. The maximum atomic E-state index is 11.5. The molecule has 3 rings (SSSR count). The first-order valence-corrected chi connectivity index (χ1v) is 6.55. The van der Waals surface area contributed by atoms with Crippen LogP contribution < -0.4 is 11.3 Å². The summed E-state index contributed by atoms with van der Waals surface area (Å²) in [4.78, 5) is 14.8. The number of amides is 1. The van der Waals surface area contributed by atoms with Gasteiger partial charge in [-0.1, -0.05) is 24.3 Å². The molecule has 4 N–H and O–H groups in total. The Morgan fingerprint density at radius 1 is 1.37 bits per heavy atom. The lowest BCUT2D eigenvalue weighted by Gasteiger charge is -2.20. The average Bonchev–Trinajstić information content (AvgIpc) is 2.90. The van der Waals surface area contributed by atoms with Gasteiger partial charge in [-0.3, -0.25) is 10.2 Å². The minimum atomic E-state index is -0.0609. The number of hydrogen-bond acceptors (Lipinski definition) is 2. The molecule has 0 bridgehead atoms. The fourth-order valence-electron chi connectivity index (χ4n) is 2.77. The van der Waals surface area contributed by atoms with Crippen molar-refractivity contribution in [2.24, 2.45) is 11.8 Å². The Morgan fingerprint density at radius 2 is 2.21 bits per heavy atom. The largest absolute Gasteiger partial charge is 0.361 e. The summed E-state index contributed by atoms with van der Waals surface area (Å²) in [5.74, 6) is 5.13. The normalized spacial score (nSPS) is 19.2. The summed E-state index contributed by atoms with van der Waals surface area (Å²) in [6.45, 7) is 0. The van der Waals surface area contributed by atoms with Gasteiger partial charge in [0.05, 0.1) is 0 Å². The van der Waals surface area contributed by atoms with Gasteiger partial charge in [0.15, 0.2) is 0 Å². The zero-order chi connectivity index (χ0) is 13.2. The van der Waals surface area contributed by atoms with Gasteiger partial charge in [-0.15, -0.1) is 0 Å². The number of benzene rings is 1. The van der Waals surface area contributed by atoms with E-state index in [4.69, 9.17) is 5.84 Å². The van der Waals surface area contributed by atoms with E-state index in [0.717, 1.165) is 24.8 Å². The predicted octanol–water partition coefficient (Wildman–Crippen LogP) is 2.34. The second kappa shape index (κ2) is 4.90. The molecule has 0 saturated heterocycles. The lowest BCUT2D eigenvalue weighted by Crippen LogP contribution is -2.36. The molecule has 0 radical (unpaired) electrons. The SMILES string of the molecule is NNC(=O)C1CC=C(c2c[nH]c3ccccc23)CC1. The minimum absolute atomic E-state index is 0.0129. The number of aromatic nitrogens is 1. The number of carbonyl (C=O) groups is 1.